The molecule has 0 spiro atoms. The third-order valence-corrected chi connectivity index (χ3v) is 6.49. The second-order valence-electron chi connectivity index (χ2n) is 7.27. The van der Waals surface area contributed by atoms with E-state index in [-0.39, 0.29) is 23.5 Å². The van der Waals surface area contributed by atoms with Crippen molar-refractivity contribution in [2.75, 3.05) is 5.32 Å². The van der Waals surface area contributed by atoms with E-state index in [1.165, 1.54) is 22.0 Å². The lowest BCUT2D eigenvalue weighted by atomic mass is 10.0. The largest absolute Gasteiger partial charge is 0.324 e. The van der Waals surface area contributed by atoms with Crippen LogP contribution in [0.15, 0.2) is 59.4 Å². The van der Waals surface area contributed by atoms with Crippen molar-refractivity contribution in [1.29, 1.82) is 0 Å². The number of ketones is 1. The number of nitrogens with one attached hydrogen (secondary N) is 1. The van der Waals surface area contributed by atoms with E-state index in [1.54, 1.807) is 43.3 Å². The quantitative estimate of drug-likeness (QED) is 0.412. The maximum absolute atomic E-state index is 13.0. The molecule has 1 N–H and O–H groups in total. The monoisotopic (exact) mass is 465 g/mol. The van der Waals surface area contributed by atoms with Crippen LogP contribution in [0.5, 0.6) is 0 Å². The number of halogens is 1. The molecule has 6 nitrogen and oxygen atoms in total. The fourth-order valence-electron chi connectivity index (χ4n) is 3.42. The number of anilines is 1. The Bertz CT molecular complexity index is 1390. The van der Waals surface area contributed by atoms with Gasteiger partial charge in [-0.1, -0.05) is 48.9 Å². The van der Waals surface area contributed by atoms with Crippen molar-refractivity contribution >= 4 is 50.5 Å². The van der Waals surface area contributed by atoms with Crippen molar-refractivity contribution in [3.63, 3.8) is 0 Å². The predicted octanol–water partition coefficient (Wildman–Crippen LogP) is 4.85. The summed E-state index contributed by atoms with van der Waals surface area (Å²) in [5, 5.41) is 3.65. The van der Waals surface area contributed by atoms with Crippen LogP contribution >= 0.6 is 22.9 Å². The van der Waals surface area contributed by atoms with Crippen LogP contribution in [0, 0.1) is 6.92 Å². The van der Waals surface area contributed by atoms with Crippen LogP contribution in [0.3, 0.4) is 0 Å². The average Bonchev–Trinajstić information content (AvgIpc) is 3.21. The van der Waals surface area contributed by atoms with Gasteiger partial charge in [0.25, 0.3) is 5.56 Å². The summed E-state index contributed by atoms with van der Waals surface area (Å²) < 4.78 is 1.35. The van der Waals surface area contributed by atoms with Crippen molar-refractivity contribution in [1.82, 2.24) is 9.55 Å². The van der Waals surface area contributed by atoms with E-state index in [9.17, 15) is 14.4 Å². The summed E-state index contributed by atoms with van der Waals surface area (Å²) in [4.78, 5) is 45.0. The van der Waals surface area contributed by atoms with Crippen molar-refractivity contribution in [3.05, 3.63) is 91.8 Å². The second-order valence-corrected chi connectivity index (χ2v) is 8.82. The summed E-state index contributed by atoms with van der Waals surface area (Å²) in [7, 11) is 0. The summed E-state index contributed by atoms with van der Waals surface area (Å²) in [5.74, 6) is -0.240. The van der Waals surface area contributed by atoms with E-state index >= 15 is 0 Å². The topological polar surface area (TPSA) is 81.1 Å². The Morgan fingerprint density at radius 1 is 1.12 bits per heavy atom. The molecule has 32 heavy (non-hydrogen) atoms. The summed E-state index contributed by atoms with van der Waals surface area (Å²) in [6.45, 7) is 3.50. The fourth-order valence-corrected chi connectivity index (χ4v) is 4.59. The molecule has 0 atom stereocenters. The summed E-state index contributed by atoms with van der Waals surface area (Å²) in [6.07, 6.45) is 0.814. The predicted molar refractivity (Wildman–Crippen MR) is 128 cm³/mol. The number of thiophene rings is 1. The number of amides is 1. The highest BCUT2D eigenvalue weighted by molar-refractivity contribution is 7.18. The SMILES string of the molecule is CCc1cc2c(=O)n(CC(=O)Nc3ccc(Cl)cc3C(=O)c3ccccc3)c(C)nc2s1. The lowest BCUT2D eigenvalue weighted by Gasteiger charge is -2.13. The van der Waals surface area contributed by atoms with Gasteiger partial charge in [0.05, 0.1) is 11.1 Å². The molecule has 0 aliphatic rings. The summed E-state index contributed by atoms with van der Waals surface area (Å²) in [6, 6.07) is 15.3. The van der Waals surface area contributed by atoms with Gasteiger partial charge in [-0.3, -0.25) is 19.0 Å². The van der Waals surface area contributed by atoms with Crippen LogP contribution in [0.25, 0.3) is 10.2 Å². The molecule has 162 valence electrons. The normalized spacial score (nSPS) is 11.0. The van der Waals surface area contributed by atoms with E-state index < -0.39 is 5.91 Å². The molecule has 8 heteroatoms. The van der Waals surface area contributed by atoms with Gasteiger partial charge in [0, 0.05) is 21.0 Å². The minimum Gasteiger partial charge on any atom is -0.324 e. The molecule has 0 fully saturated rings. The Labute approximate surface area is 193 Å². The van der Waals surface area contributed by atoms with Crippen molar-refractivity contribution in [3.8, 4) is 0 Å². The summed E-state index contributed by atoms with van der Waals surface area (Å²) in [5.41, 5.74) is 0.836. The molecule has 2 aromatic heterocycles. The van der Waals surface area contributed by atoms with Gasteiger partial charge in [0.15, 0.2) is 5.78 Å². The van der Waals surface area contributed by atoms with Gasteiger partial charge in [0.2, 0.25) is 5.91 Å². The van der Waals surface area contributed by atoms with Crippen LogP contribution in [0.1, 0.15) is 33.5 Å². The zero-order valence-corrected chi connectivity index (χ0v) is 19.1. The van der Waals surface area contributed by atoms with Gasteiger partial charge in [0.1, 0.15) is 17.2 Å². The molecule has 0 unspecified atom stereocenters. The first kappa shape index (κ1) is 21.9. The lowest BCUT2D eigenvalue weighted by Crippen LogP contribution is -2.30. The Balaban J connectivity index is 1.63. The summed E-state index contributed by atoms with van der Waals surface area (Å²) >= 11 is 7.59. The van der Waals surface area contributed by atoms with Gasteiger partial charge >= 0.3 is 0 Å². The van der Waals surface area contributed by atoms with Crippen molar-refractivity contribution < 1.29 is 9.59 Å². The molecule has 0 aliphatic heterocycles. The number of hydrogen-bond acceptors (Lipinski definition) is 5. The highest BCUT2D eigenvalue weighted by atomic mass is 35.5. The molecule has 0 aliphatic carbocycles. The van der Waals surface area contributed by atoms with Crippen molar-refractivity contribution in [2.45, 2.75) is 26.8 Å². The highest BCUT2D eigenvalue weighted by Crippen LogP contribution is 2.24. The Hall–Kier alpha value is -3.29. The van der Waals surface area contributed by atoms with Gasteiger partial charge in [-0.25, -0.2) is 4.98 Å². The smallest absolute Gasteiger partial charge is 0.262 e. The van der Waals surface area contributed by atoms with Crippen LogP contribution in [-0.2, 0) is 17.8 Å². The van der Waals surface area contributed by atoms with E-state index in [4.69, 9.17) is 11.6 Å². The molecule has 0 bridgehead atoms. The van der Waals surface area contributed by atoms with Crippen LogP contribution in [-0.4, -0.2) is 21.2 Å². The number of rotatable bonds is 6. The molecule has 0 radical (unpaired) electrons. The number of carbonyl (C=O) groups excluding carboxylic acids is 2. The molecule has 1 amide bonds. The molecular weight excluding hydrogens is 446 g/mol. The number of carbonyl (C=O) groups is 2. The number of benzene rings is 2. The molecule has 4 aromatic rings. The molecule has 2 aromatic carbocycles. The first-order valence-corrected chi connectivity index (χ1v) is 11.3. The Kier molecular flexibility index (Phi) is 6.21. The highest BCUT2D eigenvalue weighted by Gasteiger charge is 2.18. The van der Waals surface area contributed by atoms with Crippen LogP contribution < -0.4 is 10.9 Å². The number of hydrogen-bond donors (Lipinski definition) is 1. The molecule has 0 saturated heterocycles. The molecule has 4 rings (SSSR count). The Morgan fingerprint density at radius 2 is 1.88 bits per heavy atom. The minimum atomic E-state index is -0.438. The van der Waals surface area contributed by atoms with E-state index in [0.717, 1.165) is 11.3 Å². The maximum Gasteiger partial charge on any atom is 0.262 e. The van der Waals surface area contributed by atoms with Gasteiger partial charge in [-0.15, -0.1) is 11.3 Å². The fraction of sp³-hybridized carbons (Fsp3) is 0.167. The second kappa shape index (κ2) is 9.06. The first-order valence-electron chi connectivity index (χ1n) is 10.1. The van der Waals surface area contributed by atoms with E-state index in [1.807, 2.05) is 19.1 Å². The number of fused-ring (bicyclic) bond motifs is 1. The first-order chi connectivity index (χ1) is 15.4. The van der Waals surface area contributed by atoms with Gasteiger partial charge in [-0.05, 0) is 37.6 Å². The zero-order valence-electron chi connectivity index (χ0n) is 17.5. The zero-order chi connectivity index (χ0) is 22.8. The van der Waals surface area contributed by atoms with Crippen LogP contribution in [0.2, 0.25) is 5.02 Å². The average molecular weight is 466 g/mol. The van der Waals surface area contributed by atoms with E-state index in [0.29, 0.717) is 32.3 Å². The van der Waals surface area contributed by atoms with Crippen molar-refractivity contribution in [2.24, 2.45) is 0 Å². The lowest BCUT2D eigenvalue weighted by molar-refractivity contribution is -0.116. The van der Waals surface area contributed by atoms with E-state index in [2.05, 4.69) is 10.3 Å². The van der Waals surface area contributed by atoms with Gasteiger partial charge in [-0.2, -0.15) is 0 Å². The molecular formula is C24H20ClN3O3S. The molecule has 2 heterocycles. The number of aromatic nitrogens is 2. The van der Waals surface area contributed by atoms with Crippen LogP contribution in [0.4, 0.5) is 5.69 Å². The van der Waals surface area contributed by atoms with Gasteiger partial charge < -0.3 is 5.32 Å². The minimum absolute atomic E-state index is 0.216. The number of nitrogens with zero attached hydrogens (tertiary/aromatic N) is 2. The molecule has 0 saturated carbocycles. The number of aryl methyl sites for hydroxylation is 2. The maximum atomic E-state index is 13.0. The Morgan fingerprint density at radius 3 is 2.59 bits per heavy atom. The third kappa shape index (κ3) is 4.35. The standard InChI is InChI=1S/C24H20ClN3O3S/c1-3-17-12-19-23(32-17)26-14(2)28(24(19)31)13-21(29)27-20-10-9-16(25)11-18(20)22(30)15-7-5-4-6-8-15/h4-12H,3,13H2,1-2H3,(H,27,29). The third-order valence-electron chi connectivity index (χ3n) is 5.08.